The third-order valence-corrected chi connectivity index (χ3v) is 2.75. The number of allylic oxidation sites excluding steroid dienone is 1. The van der Waals surface area contributed by atoms with Gasteiger partial charge in [0.15, 0.2) is 0 Å². The summed E-state index contributed by atoms with van der Waals surface area (Å²) in [6.45, 7) is 1.98. The Morgan fingerprint density at radius 2 is 2.08 bits per heavy atom. The summed E-state index contributed by atoms with van der Waals surface area (Å²) in [6, 6.07) is 5.46. The van der Waals surface area contributed by atoms with E-state index in [0.29, 0.717) is 10.0 Å². The monoisotopic (exact) mass is 264 g/mol. The van der Waals surface area contributed by atoms with Crippen molar-refractivity contribution in [2.45, 2.75) is 6.92 Å². The minimum atomic E-state index is 0.658. The molecule has 0 heterocycles. The van der Waals surface area contributed by atoms with Crippen molar-refractivity contribution in [3.8, 4) is 0 Å². The van der Waals surface area contributed by atoms with E-state index < -0.39 is 0 Å². The van der Waals surface area contributed by atoms with E-state index in [-0.39, 0.29) is 0 Å². The molecule has 0 amide bonds. The molecule has 0 atom stereocenters. The van der Waals surface area contributed by atoms with Gasteiger partial charge in [0.25, 0.3) is 0 Å². The van der Waals surface area contributed by atoms with Gasteiger partial charge in [-0.25, -0.2) is 0 Å². The molecule has 0 N–H and O–H groups in total. The van der Waals surface area contributed by atoms with Gasteiger partial charge in [0.1, 0.15) is 0 Å². The predicted octanol–water partition coefficient (Wildman–Crippen LogP) is 4.75. The van der Waals surface area contributed by atoms with Gasteiger partial charge in [-0.15, -0.1) is 0 Å². The van der Waals surface area contributed by atoms with Crippen molar-refractivity contribution in [3.63, 3.8) is 0 Å². The zero-order valence-corrected chi connectivity index (χ0v) is 9.54. The molecule has 0 bridgehead atoms. The SMILES string of the molecule is C/C(=C\Br)c1ccc(Cl)cc1Cl. The Morgan fingerprint density at radius 3 is 2.58 bits per heavy atom. The Morgan fingerprint density at radius 1 is 1.42 bits per heavy atom. The normalized spacial score (nSPS) is 11.8. The molecule has 0 nitrogen and oxygen atoms in total. The van der Waals surface area contributed by atoms with Crippen LogP contribution in [0.2, 0.25) is 10.0 Å². The second kappa shape index (κ2) is 4.31. The highest BCUT2D eigenvalue weighted by molar-refractivity contribution is 9.11. The molecule has 1 rings (SSSR count). The Hall–Kier alpha value is 0.0200. The molecule has 1 aromatic rings. The zero-order valence-electron chi connectivity index (χ0n) is 6.44. The second-order valence-electron chi connectivity index (χ2n) is 2.42. The van der Waals surface area contributed by atoms with Crippen LogP contribution >= 0.6 is 39.1 Å². The third kappa shape index (κ3) is 2.25. The van der Waals surface area contributed by atoms with Crippen LogP contribution in [-0.2, 0) is 0 Å². The van der Waals surface area contributed by atoms with E-state index in [9.17, 15) is 0 Å². The van der Waals surface area contributed by atoms with Crippen LogP contribution in [0.4, 0.5) is 0 Å². The first kappa shape index (κ1) is 10.1. The van der Waals surface area contributed by atoms with Crippen LogP contribution in [0.3, 0.4) is 0 Å². The number of hydrogen-bond donors (Lipinski definition) is 0. The van der Waals surface area contributed by atoms with Crippen LogP contribution in [0.15, 0.2) is 23.2 Å². The first-order valence-electron chi connectivity index (χ1n) is 3.37. The molecule has 0 unspecified atom stereocenters. The van der Waals surface area contributed by atoms with Crippen molar-refractivity contribution in [3.05, 3.63) is 38.8 Å². The summed E-state index contributed by atoms with van der Waals surface area (Å²) in [4.78, 5) is 1.84. The zero-order chi connectivity index (χ0) is 9.14. The summed E-state index contributed by atoms with van der Waals surface area (Å²) >= 11 is 15.0. The quantitative estimate of drug-likeness (QED) is 0.688. The fourth-order valence-corrected chi connectivity index (χ4v) is 1.67. The van der Waals surface area contributed by atoms with E-state index in [0.717, 1.165) is 11.1 Å². The molecule has 0 spiro atoms. The highest BCUT2D eigenvalue weighted by Gasteiger charge is 2.01. The lowest BCUT2D eigenvalue weighted by Crippen LogP contribution is -1.79. The molecule has 0 saturated carbocycles. The summed E-state index contributed by atoms with van der Waals surface area (Å²) in [5.74, 6) is 0. The Labute approximate surface area is 90.3 Å². The van der Waals surface area contributed by atoms with Crippen molar-refractivity contribution in [1.82, 2.24) is 0 Å². The van der Waals surface area contributed by atoms with Gasteiger partial charge in [0.2, 0.25) is 0 Å². The van der Waals surface area contributed by atoms with Gasteiger partial charge in [-0.2, -0.15) is 0 Å². The second-order valence-corrected chi connectivity index (χ2v) is 3.72. The van der Waals surface area contributed by atoms with Gasteiger partial charge in [-0.05, 0) is 35.2 Å². The summed E-state index contributed by atoms with van der Waals surface area (Å²) in [6.07, 6.45) is 0. The highest BCUT2D eigenvalue weighted by atomic mass is 79.9. The fourth-order valence-electron chi connectivity index (χ4n) is 0.868. The Balaban J connectivity index is 3.18. The van der Waals surface area contributed by atoms with Gasteiger partial charge < -0.3 is 0 Å². The average Bonchev–Trinajstić information content (AvgIpc) is 2.03. The summed E-state index contributed by atoms with van der Waals surface area (Å²) in [7, 11) is 0. The van der Waals surface area contributed by atoms with E-state index in [1.165, 1.54) is 0 Å². The number of rotatable bonds is 1. The highest BCUT2D eigenvalue weighted by Crippen LogP contribution is 2.27. The first-order chi connectivity index (χ1) is 5.65. The molecule has 0 aromatic heterocycles. The van der Waals surface area contributed by atoms with Gasteiger partial charge in [0, 0.05) is 10.0 Å². The largest absolute Gasteiger partial charge is 0.0843 e. The standard InChI is InChI=1S/C9H7BrCl2/c1-6(5-10)8-3-2-7(11)4-9(8)12/h2-5H,1H3/b6-5+. The molecule has 0 aliphatic heterocycles. The van der Waals surface area contributed by atoms with Crippen LogP contribution in [0.1, 0.15) is 12.5 Å². The van der Waals surface area contributed by atoms with E-state index in [2.05, 4.69) is 15.9 Å². The van der Waals surface area contributed by atoms with Crippen LogP contribution in [0.25, 0.3) is 5.57 Å². The molecule has 1 aromatic carbocycles. The molecular weight excluding hydrogens is 259 g/mol. The summed E-state index contributed by atoms with van der Waals surface area (Å²) < 4.78 is 0. The lowest BCUT2D eigenvalue weighted by molar-refractivity contribution is 1.58. The maximum absolute atomic E-state index is 5.96. The number of benzene rings is 1. The van der Waals surface area contributed by atoms with E-state index >= 15 is 0 Å². The van der Waals surface area contributed by atoms with Crippen LogP contribution in [0, 0.1) is 0 Å². The first-order valence-corrected chi connectivity index (χ1v) is 5.04. The molecule has 0 aliphatic carbocycles. The van der Waals surface area contributed by atoms with Crippen molar-refractivity contribution >= 4 is 44.7 Å². The molecule has 64 valence electrons. The van der Waals surface area contributed by atoms with E-state index in [1.54, 1.807) is 6.07 Å². The van der Waals surface area contributed by atoms with Crippen molar-refractivity contribution in [2.24, 2.45) is 0 Å². The summed E-state index contributed by atoms with van der Waals surface area (Å²) in [5, 5.41) is 1.34. The molecular formula is C9H7BrCl2. The van der Waals surface area contributed by atoms with E-state index in [1.807, 2.05) is 24.0 Å². The molecule has 0 radical (unpaired) electrons. The fraction of sp³-hybridized carbons (Fsp3) is 0.111. The Kier molecular flexibility index (Phi) is 3.63. The summed E-state index contributed by atoms with van der Waals surface area (Å²) in [5.41, 5.74) is 2.08. The molecule has 3 heteroatoms. The number of hydrogen-bond acceptors (Lipinski definition) is 0. The van der Waals surface area contributed by atoms with Crippen LogP contribution < -0.4 is 0 Å². The maximum atomic E-state index is 5.96. The smallest absolute Gasteiger partial charge is 0.0496 e. The van der Waals surface area contributed by atoms with Gasteiger partial charge in [-0.1, -0.05) is 45.2 Å². The molecule has 12 heavy (non-hydrogen) atoms. The lowest BCUT2D eigenvalue weighted by atomic mass is 10.1. The molecule has 0 fully saturated rings. The molecule has 0 aliphatic rings. The molecule has 0 saturated heterocycles. The van der Waals surface area contributed by atoms with Crippen molar-refractivity contribution in [2.75, 3.05) is 0 Å². The number of halogens is 3. The predicted molar refractivity (Wildman–Crippen MR) is 59.0 cm³/mol. The topological polar surface area (TPSA) is 0 Å². The van der Waals surface area contributed by atoms with E-state index in [4.69, 9.17) is 23.2 Å². The van der Waals surface area contributed by atoms with Gasteiger partial charge in [-0.3, -0.25) is 0 Å². The van der Waals surface area contributed by atoms with Crippen molar-refractivity contribution < 1.29 is 0 Å². The van der Waals surface area contributed by atoms with Crippen molar-refractivity contribution in [1.29, 1.82) is 0 Å². The van der Waals surface area contributed by atoms with Crippen LogP contribution in [0.5, 0.6) is 0 Å². The minimum Gasteiger partial charge on any atom is -0.0843 e. The minimum absolute atomic E-state index is 0.658. The average molecular weight is 266 g/mol. The van der Waals surface area contributed by atoms with Gasteiger partial charge in [0.05, 0.1) is 0 Å². The third-order valence-electron chi connectivity index (χ3n) is 1.52. The maximum Gasteiger partial charge on any atom is 0.0496 e. The van der Waals surface area contributed by atoms with Gasteiger partial charge >= 0.3 is 0 Å². The lowest BCUT2D eigenvalue weighted by Gasteiger charge is -2.03. The van der Waals surface area contributed by atoms with Crippen LogP contribution in [-0.4, -0.2) is 0 Å². The Bertz CT molecular complexity index is 318.